The fourth-order valence-electron chi connectivity index (χ4n) is 2.13. The summed E-state index contributed by atoms with van der Waals surface area (Å²) in [5.41, 5.74) is 6.58. The molecule has 1 aromatic rings. The van der Waals surface area contributed by atoms with Gasteiger partial charge in [-0.3, -0.25) is 0 Å². The molecule has 100 valence electrons. The average Bonchev–Trinajstić information content (AvgIpc) is 3.25. The van der Waals surface area contributed by atoms with Crippen molar-refractivity contribution in [2.24, 2.45) is 11.7 Å². The molecule has 6 heteroatoms. The lowest BCUT2D eigenvalue weighted by atomic mass is 10.4. The first-order chi connectivity index (χ1) is 8.60. The topological polar surface area (TPSA) is 77.1 Å². The van der Waals surface area contributed by atoms with Crippen LogP contribution in [0.3, 0.4) is 0 Å². The minimum absolute atomic E-state index is 0.357. The van der Waals surface area contributed by atoms with Crippen LogP contribution in [0.2, 0.25) is 0 Å². The first kappa shape index (κ1) is 12.2. The Bertz CT molecular complexity index is 542. The third kappa shape index (κ3) is 2.46. The van der Waals surface area contributed by atoms with Crippen LogP contribution in [0.4, 0.5) is 0 Å². The van der Waals surface area contributed by atoms with E-state index in [4.69, 9.17) is 5.73 Å². The van der Waals surface area contributed by atoms with E-state index in [1.165, 1.54) is 0 Å². The van der Waals surface area contributed by atoms with E-state index in [9.17, 15) is 8.42 Å². The fourth-order valence-corrected chi connectivity index (χ4v) is 3.30. The van der Waals surface area contributed by atoms with Crippen LogP contribution < -0.4 is 10.5 Å². The lowest BCUT2D eigenvalue weighted by Gasteiger charge is -2.04. The SMILES string of the molecule is NCc1cc(S(=O)(=O)NCC2CC2)cn1C1CC1. The molecule has 2 fully saturated rings. The van der Waals surface area contributed by atoms with E-state index in [0.29, 0.717) is 29.9 Å². The second kappa shape index (κ2) is 4.36. The third-order valence-corrected chi connectivity index (χ3v) is 5.02. The molecule has 0 saturated heterocycles. The van der Waals surface area contributed by atoms with Crippen LogP contribution >= 0.6 is 0 Å². The first-order valence-corrected chi connectivity index (χ1v) is 7.99. The van der Waals surface area contributed by atoms with Crippen molar-refractivity contribution in [2.45, 2.75) is 43.2 Å². The predicted molar refractivity (Wildman–Crippen MR) is 68.5 cm³/mol. The normalized spacial score (nSPS) is 20.3. The zero-order valence-electron chi connectivity index (χ0n) is 10.3. The Hall–Kier alpha value is -0.850. The molecule has 1 heterocycles. The standard InChI is InChI=1S/C12H19N3O2S/c13-6-11-5-12(8-15(11)10-3-4-10)18(16,17)14-7-9-1-2-9/h5,8-10,14H,1-4,6-7,13H2. The largest absolute Gasteiger partial charge is 0.346 e. The van der Waals surface area contributed by atoms with Gasteiger partial charge in [-0.25, -0.2) is 13.1 Å². The number of hydrogen-bond acceptors (Lipinski definition) is 3. The molecule has 0 radical (unpaired) electrons. The molecule has 0 spiro atoms. The molecule has 3 rings (SSSR count). The molecule has 0 bridgehead atoms. The van der Waals surface area contributed by atoms with Crippen molar-refractivity contribution < 1.29 is 8.42 Å². The zero-order valence-corrected chi connectivity index (χ0v) is 11.1. The van der Waals surface area contributed by atoms with Crippen molar-refractivity contribution in [2.75, 3.05) is 6.54 Å². The van der Waals surface area contributed by atoms with Gasteiger partial charge in [0.1, 0.15) is 0 Å². The second-order valence-electron chi connectivity index (χ2n) is 5.30. The van der Waals surface area contributed by atoms with Gasteiger partial charge in [-0.05, 0) is 37.7 Å². The minimum atomic E-state index is -3.36. The summed E-state index contributed by atoms with van der Waals surface area (Å²) < 4.78 is 28.9. The molecule has 0 atom stereocenters. The molecule has 5 nitrogen and oxygen atoms in total. The van der Waals surface area contributed by atoms with Gasteiger partial charge in [0.25, 0.3) is 0 Å². The maximum absolute atomic E-state index is 12.1. The van der Waals surface area contributed by atoms with Crippen molar-refractivity contribution in [3.63, 3.8) is 0 Å². The number of rotatable bonds is 6. The monoisotopic (exact) mass is 269 g/mol. The number of hydrogen-bond donors (Lipinski definition) is 2. The van der Waals surface area contributed by atoms with E-state index in [-0.39, 0.29) is 0 Å². The van der Waals surface area contributed by atoms with Crippen molar-refractivity contribution >= 4 is 10.0 Å². The summed E-state index contributed by atoms with van der Waals surface area (Å²) in [4.78, 5) is 0.357. The van der Waals surface area contributed by atoms with Gasteiger partial charge in [-0.1, -0.05) is 0 Å². The highest BCUT2D eigenvalue weighted by Crippen LogP contribution is 2.37. The van der Waals surface area contributed by atoms with Crippen LogP contribution in [0.1, 0.15) is 37.4 Å². The molecule has 18 heavy (non-hydrogen) atoms. The Morgan fingerprint density at radius 1 is 1.33 bits per heavy atom. The molecule has 3 N–H and O–H groups in total. The lowest BCUT2D eigenvalue weighted by molar-refractivity contribution is 0.577. The van der Waals surface area contributed by atoms with Crippen molar-refractivity contribution in [3.05, 3.63) is 18.0 Å². The van der Waals surface area contributed by atoms with Crippen LogP contribution in [-0.2, 0) is 16.6 Å². The summed E-state index contributed by atoms with van der Waals surface area (Å²) in [5.74, 6) is 0.541. The Balaban J connectivity index is 1.81. The molecule has 0 aliphatic heterocycles. The molecule has 2 aliphatic carbocycles. The highest BCUT2D eigenvalue weighted by Gasteiger charge is 2.29. The Morgan fingerprint density at radius 2 is 2.06 bits per heavy atom. The minimum Gasteiger partial charge on any atom is -0.346 e. The maximum Gasteiger partial charge on any atom is 0.242 e. The summed E-state index contributed by atoms with van der Waals surface area (Å²) in [6.45, 7) is 0.948. The van der Waals surface area contributed by atoms with Gasteiger partial charge in [-0.15, -0.1) is 0 Å². The summed E-state index contributed by atoms with van der Waals surface area (Å²) in [7, 11) is -3.36. The van der Waals surface area contributed by atoms with Crippen LogP contribution in [-0.4, -0.2) is 19.5 Å². The summed E-state index contributed by atoms with van der Waals surface area (Å²) >= 11 is 0. The Labute approximate surface area is 107 Å². The smallest absolute Gasteiger partial charge is 0.242 e. The lowest BCUT2D eigenvalue weighted by Crippen LogP contribution is -2.25. The number of sulfonamides is 1. The molecule has 1 aromatic heterocycles. The van der Waals surface area contributed by atoms with E-state index in [1.807, 2.05) is 4.57 Å². The summed E-state index contributed by atoms with van der Waals surface area (Å²) in [6, 6.07) is 2.16. The number of nitrogens with two attached hydrogens (primary N) is 1. The zero-order chi connectivity index (χ0) is 12.8. The van der Waals surface area contributed by atoms with Crippen molar-refractivity contribution in [3.8, 4) is 0 Å². The Kier molecular flexibility index (Phi) is 2.96. The van der Waals surface area contributed by atoms with Gasteiger partial charge < -0.3 is 10.3 Å². The molecule has 2 aliphatic rings. The van der Waals surface area contributed by atoms with Crippen LogP contribution in [0.15, 0.2) is 17.2 Å². The van der Waals surface area contributed by atoms with E-state index < -0.39 is 10.0 Å². The predicted octanol–water partition coefficient (Wildman–Crippen LogP) is 0.970. The molecule has 2 saturated carbocycles. The third-order valence-electron chi connectivity index (χ3n) is 3.63. The maximum atomic E-state index is 12.1. The van der Waals surface area contributed by atoms with E-state index in [1.54, 1.807) is 12.3 Å². The van der Waals surface area contributed by atoms with Crippen molar-refractivity contribution in [1.29, 1.82) is 0 Å². The summed E-state index contributed by atoms with van der Waals surface area (Å²) in [6.07, 6.45) is 6.25. The van der Waals surface area contributed by atoms with Gasteiger partial charge in [0.05, 0.1) is 4.90 Å². The average molecular weight is 269 g/mol. The molecule has 0 unspecified atom stereocenters. The highest BCUT2D eigenvalue weighted by molar-refractivity contribution is 7.89. The van der Waals surface area contributed by atoms with E-state index >= 15 is 0 Å². The molecular formula is C12H19N3O2S. The summed E-state index contributed by atoms with van der Waals surface area (Å²) in [5, 5.41) is 0. The highest BCUT2D eigenvalue weighted by atomic mass is 32.2. The van der Waals surface area contributed by atoms with Gasteiger partial charge in [0.15, 0.2) is 0 Å². The van der Waals surface area contributed by atoms with Gasteiger partial charge in [-0.2, -0.15) is 0 Å². The van der Waals surface area contributed by atoms with Crippen LogP contribution in [0.25, 0.3) is 0 Å². The Morgan fingerprint density at radius 3 is 2.61 bits per heavy atom. The number of nitrogens with zero attached hydrogens (tertiary/aromatic N) is 1. The van der Waals surface area contributed by atoms with Crippen molar-refractivity contribution in [1.82, 2.24) is 9.29 Å². The second-order valence-corrected chi connectivity index (χ2v) is 7.07. The van der Waals surface area contributed by atoms with E-state index in [0.717, 1.165) is 31.4 Å². The number of nitrogens with one attached hydrogen (secondary N) is 1. The van der Waals surface area contributed by atoms with Crippen LogP contribution in [0.5, 0.6) is 0 Å². The van der Waals surface area contributed by atoms with Gasteiger partial charge in [0.2, 0.25) is 10.0 Å². The quantitative estimate of drug-likeness (QED) is 0.808. The molecule has 0 aromatic carbocycles. The number of aromatic nitrogens is 1. The van der Waals surface area contributed by atoms with E-state index in [2.05, 4.69) is 4.72 Å². The van der Waals surface area contributed by atoms with Gasteiger partial charge in [0, 0.05) is 31.0 Å². The first-order valence-electron chi connectivity index (χ1n) is 6.50. The molecular weight excluding hydrogens is 250 g/mol. The fraction of sp³-hybridized carbons (Fsp3) is 0.667. The van der Waals surface area contributed by atoms with Crippen LogP contribution in [0, 0.1) is 5.92 Å². The molecule has 0 amide bonds. The van der Waals surface area contributed by atoms with Gasteiger partial charge >= 0.3 is 0 Å².